The molecule has 0 spiro atoms. The first kappa shape index (κ1) is 13.2. The van der Waals surface area contributed by atoms with Gasteiger partial charge < -0.3 is 15.4 Å². The summed E-state index contributed by atoms with van der Waals surface area (Å²) in [7, 11) is 1.77. The van der Waals surface area contributed by atoms with Gasteiger partial charge in [-0.05, 0) is 26.7 Å². The lowest BCUT2D eigenvalue weighted by atomic mass is 9.99. The Morgan fingerprint density at radius 1 is 1.50 bits per heavy atom. The topological polar surface area (TPSA) is 64.3 Å². The van der Waals surface area contributed by atoms with Gasteiger partial charge in [-0.15, -0.1) is 0 Å². The Hall–Kier alpha value is -1.20. The van der Waals surface area contributed by atoms with Crippen molar-refractivity contribution in [1.29, 1.82) is 0 Å². The molecule has 0 aromatic carbocycles. The lowest BCUT2D eigenvalue weighted by molar-refractivity contribution is 0.0707. The number of ether oxygens (including phenoxy) is 1. The van der Waals surface area contributed by atoms with Crippen molar-refractivity contribution in [3.63, 3.8) is 0 Å². The van der Waals surface area contributed by atoms with Crippen LogP contribution in [0.15, 0.2) is 6.20 Å². The SMILES string of the molecule is COC1CCN(c2nc(C)cnc2C)C(CN)C1. The van der Waals surface area contributed by atoms with Crippen molar-refractivity contribution in [2.45, 2.75) is 38.8 Å². The van der Waals surface area contributed by atoms with E-state index in [4.69, 9.17) is 10.5 Å². The van der Waals surface area contributed by atoms with E-state index in [1.54, 1.807) is 13.3 Å². The third kappa shape index (κ3) is 2.62. The molecule has 0 radical (unpaired) electrons. The van der Waals surface area contributed by atoms with Crippen LogP contribution >= 0.6 is 0 Å². The van der Waals surface area contributed by atoms with E-state index in [0.29, 0.717) is 18.7 Å². The van der Waals surface area contributed by atoms with E-state index >= 15 is 0 Å². The van der Waals surface area contributed by atoms with Gasteiger partial charge in [0.05, 0.1) is 17.5 Å². The van der Waals surface area contributed by atoms with Gasteiger partial charge in [0.25, 0.3) is 0 Å². The molecule has 18 heavy (non-hydrogen) atoms. The second-order valence-electron chi connectivity index (χ2n) is 4.89. The van der Waals surface area contributed by atoms with Crippen molar-refractivity contribution in [3.8, 4) is 0 Å². The van der Waals surface area contributed by atoms with Gasteiger partial charge in [-0.3, -0.25) is 4.98 Å². The maximum absolute atomic E-state index is 5.89. The highest BCUT2D eigenvalue weighted by atomic mass is 16.5. The number of nitrogens with two attached hydrogens (primary N) is 1. The highest BCUT2D eigenvalue weighted by Crippen LogP contribution is 2.26. The third-order valence-corrected chi connectivity index (χ3v) is 3.60. The number of hydrogen-bond acceptors (Lipinski definition) is 5. The molecule has 5 nitrogen and oxygen atoms in total. The molecule has 1 aromatic heterocycles. The van der Waals surface area contributed by atoms with Gasteiger partial charge in [0.2, 0.25) is 0 Å². The molecule has 1 saturated heterocycles. The molecule has 0 amide bonds. The predicted octanol–water partition coefficient (Wildman–Crippen LogP) is 1.04. The van der Waals surface area contributed by atoms with Gasteiger partial charge in [-0.2, -0.15) is 0 Å². The monoisotopic (exact) mass is 250 g/mol. The zero-order chi connectivity index (χ0) is 13.1. The standard InChI is InChI=1S/C13H22N4O/c1-9-8-15-10(2)13(16-9)17-5-4-12(18-3)6-11(17)7-14/h8,11-12H,4-7,14H2,1-3H3. The van der Waals surface area contributed by atoms with Gasteiger partial charge in [0.1, 0.15) is 0 Å². The first-order valence-electron chi connectivity index (χ1n) is 6.45. The maximum atomic E-state index is 5.89. The minimum Gasteiger partial charge on any atom is -0.381 e. The Bertz CT molecular complexity index is 410. The van der Waals surface area contributed by atoms with Crippen molar-refractivity contribution >= 4 is 5.82 Å². The Labute approximate surface area is 108 Å². The van der Waals surface area contributed by atoms with Crippen molar-refractivity contribution < 1.29 is 4.74 Å². The smallest absolute Gasteiger partial charge is 0.150 e. The van der Waals surface area contributed by atoms with Crippen LogP contribution in [0.5, 0.6) is 0 Å². The number of rotatable bonds is 3. The van der Waals surface area contributed by atoms with Crippen molar-refractivity contribution in [3.05, 3.63) is 17.6 Å². The van der Waals surface area contributed by atoms with E-state index in [1.807, 2.05) is 13.8 Å². The molecule has 100 valence electrons. The summed E-state index contributed by atoms with van der Waals surface area (Å²) >= 11 is 0. The lowest BCUT2D eigenvalue weighted by Gasteiger charge is -2.39. The Kier molecular flexibility index (Phi) is 4.14. The van der Waals surface area contributed by atoms with Crippen LogP contribution in [0.3, 0.4) is 0 Å². The molecule has 2 rings (SSSR count). The summed E-state index contributed by atoms with van der Waals surface area (Å²) in [5.41, 5.74) is 7.80. The molecule has 0 saturated carbocycles. The quantitative estimate of drug-likeness (QED) is 0.868. The molecular weight excluding hydrogens is 228 g/mol. The second-order valence-corrected chi connectivity index (χ2v) is 4.89. The van der Waals surface area contributed by atoms with E-state index < -0.39 is 0 Å². The molecule has 2 heterocycles. The van der Waals surface area contributed by atoms with Crippen LogP contribution in [0.2, 0.25) is 0 Å². The predicted molar refractivity (Wildman–Crippen MR) is 71.7 cm³/mol. The number of methoxy groups -OCH3 is 1. The molecule has 1 aliphatic heterocycles. The highest BCUT2D eigenvalue weighted by molar-refractivity contribution is 5.45. The third-order valence-electron chi connectivity index (χ3n) is 3.60. The molecule has 0 bridgehead atoms. The number of anilines is 1. The van der Waals surface area contributed by atoms with E-state index in [1.165, 1.54) is 0 Å². The molecule has 1 fully saturated rings. The number of aryl methyl sites for hydroxylation is 2. The largest absolute Gasteiger partial charge is 0.381 e. The zero-order valence-electron chi connectivity index (χ0n) is 11.4. The number of piperidine rings is 1. The molecule has 2 atom stereocenters. The molecule has 5 heteroatoms. The maximum Gasteiger partial charge on any atom is 0.150 e. The van der Waals surface area contributed by atoms with Crippen LogP contribution in [0.4, 0.5) is 5.82 Å². The summed E-state index contributed by atoms with van der Waals surface area (Å²) in [4.78, 5) is 11.3. The molecule has 1 aliphatic rings. The van der Waals surface area contributed by atoms with Crippen LogP contribution in [-0.2, 0) is 4.74 Å². The first-order valence-corrected chi connectivity index (χ1v) is 6.45. The van der Waals surface area contributed by atoms with Gasteiger partial charge in [-0.25, -0.2) is 4.98 Å². The first-order chi connectivity index (χ1) is 8.65. The average Bonchev–Trinajstić information content (AvgIpc) is 2.41. The van der Waals surface area contributed by atoms with E-state index in [2.05, 4.69) is 14.9 Å². The second kappa shape index (κ2) is 5.63. The summed E-state index contributed by atoms with van der Waals surface area (Å²) in [6, 6.07) is 0.290. The molecule has 2 unspecified atom stereocenters. The fraction of sp³-hybridized carbons (Fsp3) is 0.692. The summed E-state index contributed by atoms with van der Waals surface area (Å²) < 4.78 is 5.44. The lowest BCUT2D eigenvalue weighted by Crippen LogP contribution is -2.49. The average molecular weight is 250 g/mol. The normalized spacial score (nSPS) is 24.3. The van der Waals surface area contributed by atoms with Crippen LogP contribution in [-0.4, -0.2) is 42.3 Å². The molecule has 0 aliphatic carbocycles. The van der Waals surface area contributed by atoms with E-state index in [9.17, 15) is 0 Å². The highest BCUT2D eigenvalue weighted by Gasteiger charge is 2.29. The van der Waals surface area contributed by atoms with Crippen molar-refractivity contribution in [1.82, 2.24) is 9.97 Å². The fourth-order valence-electron chi connectivity index (χ4n) is 2.53. The number of nitrogens with zero attached hydrogens (tertiary/aromatic N) is 3. The molecular formula is C13H22N4O. The summed E-state index contributed by atoms with van der Waals surface area (Å²) in [6.07, 6.45) is 4.09. The van der Waals surface area contributed by atoms with Gasteiger partial charge in [0, 0.05) is 32.4 Å². The molecule has 2 N–H and O–H groups in total. The molecule has 1 aromatic rings. The van der Waals surface area contributed by atoms with Crippen LogP contribution in [0.1, 0.15) is 24.2 Å². The van der Waals surface area contributed by atoms with Gasteiger partial charge >= 0.3 is 0 Å². The summed E-state index contributed by atoms with van der Waals surface area (Å²) in [6.45, 7) is 5.52. The van der Waals surface area contributed by atoms with Crippen LogP contribution < -0.4 is 10.6 Å². The van der Waals surface area contributed by atoms with Gasteiger partial charge in [-0.1, -0.05) is 0 Å². The van der Waals surface area contributed by atoms with Crippen molar-refractivity contribution in [2.75, 3.05) is 25.1 Å². The van der Waals surface area contributed by atoms with E-state index in [-0.39, 0.29) is 0 Å². The minimum absolute atomic E-state index is 0.290. The van der Waals surface area contributed by atoms with Crippen molar-refractivity contribution in [2.24, 2.45) is 5.73 Å². The Balaban J connectivity index is 2.23. The summed E-state index contributed by atoms with van der Waals surface area (Å²) in [5.74, 6) is 0.972. The zero-order valence-corrected chi connectivity index (χ0v) is 11.4. The summed E-state index contributed by atoms with van der Waals surface area (Å²) in [5, 5.41) is 0. The van der Waals surface area contributed by atoms with Crippen LogP contribution in [0.25, 0.3) is 0 Å². The number of hydrogen-bond donors (Lipinski definition) is 1. The number of aromatic nitrogens is 2. The Morgan fingerprint density at radius 3 is 2.94 bits per heavy atom. The van der Waals surface area contributed by atoms with Gasteiger partial charge in [0.15, 0.2) is 5.82 Å². The fourth-order valence-corrected chi connectivity index (χ4v) is 2.53. The van der Waals surface area contributed by atoms with E-state index in [0.717, 1.165) is 36.6 Å². The Morgan fingerprint density at radius 2 is 2.28 bits per heavy atom. The van der Waals surface area contributed by atoms with Crippen LogP contribution in [0, 0.1) is 13.8 Å². The minimum atomic E-state index is 0.290.